The average Bonchev–Trinajstić information content (AvgIpc) is 2.79. The van der Waals surface area contributed by atoms with Gasteiger partial charge >= 0.3 is 0 Å². The molecule has 168 valence electrons. The fourth-order valence-corrected chi connectivity index (χ4v) is 5.15. The van der Waals surface area contributed by atoms with Gasteiger partial charge in [-0.25, -0.2) is 13.4 Å². The molecular formula is C22H24BrN5O3S. The number of methoxy groups -OCH3 is 1. The monoisotopic (exact) mass is 517 g/mol. The van der Waals surface area contributed by atoms with Crippen molar-refractivity contribution in [3.8, 4) is 5.75 Å². The minimum atomic E-state index is -3.52. The molecule has 0 saturated carbocycles. The molecule has 1 saturated heterocycles. The lowest BCUT2D eigenvalue weighted by atomic mass is 10.3. The van der Waals surface area contributed by atoms with Crippen LogP contribution >= 0.6 is 15.9 Å². The second-order valence-electron chi connectivity index (χ2n) is 7.39. The standard InChI is InChI=1S/C22H24BrN5O3S/c1-16-15-21(25-18-5-7-19(31-2)8-6-18)26-22(24-16)27-11-13-28(14-12-27)32(29,30)20-9-3-17(23)4-10-20/h3-10,15H,11-14H2,1-2H3,(H,24,25,26). The summed E-state index contributed by atoms with van der Waals surface area (Å²) in [6.07, 6.45) is 0. The zero-order chi connectivity index (χ0) is 22.7. The number of rotatable bonds is 6. The van der Waals surface area contributed by atoms with Crippen molar-refractivity contribution in [1.29, 1.82) is 0 Å². The number of aryl methyl sites for hydroxylation is 1. The van der Waals surface area contributed by atoms with Gasteiger partial charge in [0.05, 0.1) is 12.0 Å². The molecule has 10 heteroatoms. The number of hydrogen-bond donors (Lipinski definition) is 1. The van der Waals surface area contributed by atoms with Crippen LogP contribution < -0.4 is 15.0 Å². The molecule has 0 aliphatic carbocycles. The van der Waals surface area contributed by atoms with Crippen molar-refractivity contribution >= 4 is 43.4 Å². The Hall–Kier alpha value is -2.69. The fourth-order valence-electron chi connectivity index (χ4n) is 3.46. The van der Waals surface area contributed by atoms with E-state index in [1.54, 1.807) is 31.4 Å². The van der Waals surface area contributed by atoms with Crippen LogP contribution in [-0.4, -0.2) is 56.0 Å². The second-order valence-corrected chi connectivity index (χ2v) is 10.2. The van der Waals surface area contributed by atoms with E-state index in [1.165, 1.54) is 4.31 Å². The third-order valence-electron chi connectivity index (χ3n) is 5.18. The van der Waals surface area contributed by atoms with Crippen LogP contribution in [0.2, 0.25) is 0 Å². The number of anilines is 3. The van der Waals surface area contributed by atoms with Gasteiger partial charge in [0.2, 0.25) is 16.0 Å². The van der Waals surface area contributed by atoms with Crippen molar-refractivity contribution in [3.05, 3.63) is 64.8 Å². The van der Waals surface area contributed by atoms with Crippen LogP contribution in [0.25, 0.3) is 0 Å². The third-order valence-corrected chi connectivity index (χ3v) is 7.62. The lowest BCUT2D eigenvalue weighted by Crippen LogP contribution is -2.49. The topological polar surface area (TPSA) is 87.7 Å². The molecule has 0 spiro atoms. The van der Waals surface area contributed by atoms with E-state index < -0.39 is 10.0 Å². The number of sulfonamides is 1. The van der Waals surface area contributed by atoms with Crippen molar-refractivity contribution < 1.29 is 13.2 Å². The summed E-state index contributed by atoms with van der Waals surface area (Å²) in [4.78, 5) is 11.5. The highest BCUT2D eigenvalue weighted by Crippen LogP contribution is 2.24. The molecular weight excluding hydrogens is 494 g/mol. The number of aromatic nitrogens is 2. The van der Waals surface area contributed by atoms with Gasteiger partial charge in [0.25, 0.3) is 0 Å². The Balaban J connectivity index is 1.45. The van der Waals surface area contributed by atoms with Crippen molar-refractivity contribution in [2.75, 3.05) is 43.5 Å². The number of piperazine rings is 1. The molecule has 0 unspecified atom stereocenters. The first-order valence-electron chi connectivity index (χ1n) is 10.1. The van der Waals surface area contributed by atoms with Crippen molar-refractivity contribution in [2.45, 2.75) is 11.8 Å². The Labute approximate surface area is 196 Å². The molecule has 0 atom stereocenters. The van der Waals surface area contributed by atoms with Crippen LogP contribution in [0.4, 0.5) is 17.5 Å². The van der Waals surface area contributed by atoms with Gasteiger partial charge in [0.1, 0.15) is 11.6 Å². The Kier molecular flexibility index (Phi) is 6.63. The summed E-state index contributed by atoms with van der Waals surface area (Å²) >= 11 is 3.34. The summed E-state index contributed by atoms with van der Waals surface area (Å²) in [7, 11) is -1.89. The lowest BCUT2D eigenvalue weighted by Gasteiger charge is -2.34. The van der Waals surface area contributed by atoms with E-state index in [4.69, 9.17) is 4.74 Å². The van der Waals surface area contributed by atoms with Gasteiger partial charge in [-0.15, -0.1) is 0 Å². The lowest BCUT2D eigenvalue weighted by molar-refractivity contribution is 0.382. The smallest absolute Gasteiger partial charge is 0.243 e. The normalized spacial score (nSPS) is 14.9. The first-order valence-corrected chi connectivity index (χ1v) is 12.4. The Morgan fingerprint density at radius 2 is 1.62 bits per heavy atom. The van der Waals surface area contributed by atoms with E-state index in [1.807, 2.05) is 42.2 Å². The molecule has 1 aromatic heterocycles. The first kappa shape index (κ1) is 22.5. The van der Waals surface area contributed by atoms with E-state index in [9.17, 15) is 8.42 Å². The van der Waals surface area contributed by atoms with E-state index in [0.29, 0.717) is 42.8 Å². The summed E-state index contributed by atoms with van der Waals surface area (Å²) in [6.45, 7) is 3.69. The van der Waals surface area contributed by atoms with Gasteiger partial charge in [0, 0.05) is 48.1 Å². The quantitative estimate of drug-likeness (QED) is 0.531. The van der Waals surface area contributed by atoms with Gasteiger partial charge in [-0.3, -0.25) is 0 Å². The summed E-state index contributed by atoms with van der Waals surface area (Å²) < 4.78 is 33.4. The molecule has 1 aliphatic heterocycles. The highest BCUT2D eigenvalue weighted by atomic mass is 79.9. The first-order chi connectivity index (χ1) is 15.3. The van der Waals surface area contributed by atoms with E-state index in [-0.39, 0.29) is 0 Å². The molecule has 0 radical (unpaired) electrons. The van der Waals surface area contributed by atoms with E-state index in [2.05, 4.69) is 31.2 Å². The van der Waals surface area contributed by atoms with Crippen LogP contribution in [0.3, 0.4) is 0 Å². The molecule has 2 aromatic carbocycles. The summed E-state index contributed by atoms with van der Waals surface area (Å²) in [5, 5.41) is 3.29. The van der Waals surface area contributed by atoms with Crippen molar-refractivity contribution in [1.82, 2.24) is 14.3 Å². The number of nitrogens with one attached hydrogen (secondary N) is 1. The van der Waals surface area contributed by atoms with Crippen LogP contribution in [-0.2, 0) is 10.0 Å². The second kappa shape index (κ2) is 9.43. The molecule has 1 fully saturated rings. The molecule has 3 aromatic rings. The Morgan fingerprint density at radius 1 is 0.969 bits per heavy atom. The molecule has 1 N–H and O–H groups in total. The molecule has 1 aliphatic rings. The molecule has 8 nitrogen and oxygen atoms in total. The van der Waals surface area contributed by atoms with Crippen LogP contribution in [0.5, 0.6) is 5.75 Å². The Morgan fingerprint density at radius 3 is 2.25 bits per heavy atom. The number of halogens is 1. The minimum absolute atomic E-state index is 0.298. The predicted octanol–water partition coefficient (Wildman–Crippen LogP) is 3.81. The molecule has 0 bridgehead atoms. The predicted molar refractivity (Wildman–Crippen MR) is 128 cm³/mol. The number of benzene rings is 2. The zero-order valence-electron chi connectivity index (χ0n) is 17.8. The average molecular weight is 518 g/mol. The maximum Gasteiger partial charge on any atom is 0.243 e. The van der Waals surface area contributed by atoms with Gasteiger partial charge in [-0.1, -0.05) is 15.9 Å². The van der Waals surface area contributed by atoms with Gasteiger partial charge < -0.3 is 15.0 Å². The van der Waals surface area contributed by atoms with Gasteiger partial charge in [-0.05, 0) is 55.5 Å². The van der Waals surface area contributed by atoms with Crippen LogP contribution in [0.1, 0.15) is 5.69 Å². The molecule has 2 heterocycles. The highest BCUT2D eigenvalue weighted by molar-refractivity contribution is 9.10. The van der Waals surface area contributed by atoms with E-state index >= 15 is 0 Å². The largest absolute Gasteiger partial charge is 0.497 e. The maximum atomic E-state index is 12.9. The van der Waals surface area contributed by atoms with Crippen molar-refractivity contribution in [3.63, 3.8) is 0 Å². The van der Waals surface area contributed by atoms with Crippen molar-refractivity contribution in [2.24, 2.45) is 0 Å². The third kappa shape index (κ3) is 5.03. The van der Waals surface area contributed by atoms with Gasteiger partial charge in [0.15, 0.2) is 0 Å². The number of hydrogen-bond acceptors (Lipinski definition) is 7. The summed E-state index contributed by atoms with van der Waals surface area (Å²) in [5.41, 5.74) is 1.72. The zero-order valence-corrected chi connectivity index (χ0v) is 20.2. The van der Waals surface area contributed by atoms with Gasteiger partial charge in [-0.2, -0.15) is 9.29 Å². The number of ether oxygens (including phenoxy) is 1. The Bertz CT molecular complexity index is 1180. The highest BCUT2D eigenvalue weighted by Gasteiger charge is 2.29. The van der Waals surface area contributed by atoms with Crippen LogP contribution in [0.15, 0.2) is 64.0 Å². The number of nitrogens with zero attached hydrogens (tertiary/aromatic N) is 4. The summed E-state index contributed by atoms with van der Waals surface area (Å²) in [5.74, 6) is 2.05. The summed E-state index contributed by atoms with van der Waals surface area (Å²) in [6, 6.07) is 16.2. The minimum Gasteiger partial charge on any atom is -0.497 e. The fraction of sp³-hybridized carbons (Fsp3) is 0.273. The maximum absolute atomic E-state index is 12.9. The van der Waals surface area contributed by atoms with E-state index in [0.717, 1.165) is 21.6 Å². The SMILES string of the molecule is COc1ccc(Nc2cc(C)nc(N3CCN(S(=O)(=O)c4ccc(Br)cc4)CC3)n2)cc1. The van der Waals surface area contributed by atoms with Crippen LogP contribution in [0, 0.1) is 6.92 Å². The molecule has 4 rings (SSSR count). The molecule has 0 amide bonds. The molecule has 32 heavy (non-hydrogen) atoms.